The second-order valence-corrected chi connectivity index (χ2v) is 7.54. The molecule has 0 aliphatic carbocycles. The van der Waals surface area contributed by atoms with Gasteiger partial charge in [-0.05, 0) is 24.2 Å². The Morgan fingerprint density at radius 2 is 1.32 bits per heavy atom. The molecule has 1 nitrogen and oxygen atoms in total. The zero-order chi connectivity index (χ0) is 14.8. The number of benzene rings is 1. The minimum atomic E-state index is 0.106. The maximum Gasteiger partial charge on any atom is 0.126 e. The molecule has 0 amide bonds. The van der Waals surface area contributed by atoms with E-state index >= 15 is 0 Å². The topological polar surface area (TPSA) is 9.23 Å². The van der Waals surface area contributed by atoms with Crippen LogP contribution in [0.5, 0.6) is 5.75 Å². The van der Waals surface area contributed by atoms with Crippen LogP contribution in [0.3, 0.4) is 0 Å². The highest BCUT2D eigenvalue weighted by molar-refractivity contribution is 5.50. The van der Waals surface area contributed by atoms with Crippen LogP contribution < -0.4 is 4.74 Å². The van der Waals surface area contributed by atoms with Crippen LogP contribution in [0.1, 0.15) is 71.6 Å². The summed E-state index contributed by atoms with van der Waals surface area (Å²) < 4.78 is 6.13. The van der Waals surface area contributed by atoms with E-state index in [1.165, 1.54) is 16.7 Å². The van der Waals surface area contributed by atoms with Crippen LogP contribution in [0.15, 0.2) is 12.1 Å². The fourth-order valence-corrected chi connectivity index (χ4v) is 2.25. The van der Waals surface area contributed by atoms with Gasteiger partial charge in [0, 0.05) is 11.1 Å². The first-order valence-electron chi connectivity index (χ1n) is 7.35. The Labute approximate surface area is 119 Å². The zero-order valence-corrected chi connectivity index (χ0v) is 14.0. The van der Waals surface area contributed by atoms with Gasteiger partial charge in [-0.15, -0.1) is 0 Å². The molecule has 1 aromatic rings. The summed E-state index contributed by atoms with van der Waals surface area (Å²) in [7, 11) is 0. The minimum absolute atomic E-state index is 0.106. The predicted octanol–water partition coefficient (Wildman–Crippen LogP) is 5.38. The summed E-state index contributed by atoms with van der Waals surface area (Å²) in [5.41, 5.74) is 4.18. The molecule has 0 N–H and O–H groups in total. The normalized spacial score (nSPS) is 12.6. The van der Waals surface area contributed by atoms with Gasteiger partial charge in [-0.2, -0.15) is 0 Å². The molecule has 0 saturated heterocycles. The summed E-state index contributed by atoms with van der Waals surface area (Å²) in [5, 5.41) is 0. The van der Waals surface area contributed by atoms with E-state index < -0.39 is 0 Å². The molecule has 0 aromatic heterocycles. The molecule has 1 heteroatoms. The summed E-state index contributed by atoms with van der Waals surface area (Å²) in [6, 6.07) is 4.56. The summed E-state index contributed by atoms with van der Waals surface area (Å²) >= 11 is 0. The third-order valence-electron chi connectivity index (χ3n) is 3.30. The van der Waals surface area contributed by atoms with Gasteiger partial charge in [-0.25, -0.2) is 0 Å². The van der Waals surface area contributed by atoms with Gasteiger partial charge in [0.1, 0.15) is 5.75 Å². The minimum Gasteiger partial charge on any atom is -0.493 e. The van der Waals surface area contributed by atoms with Gasteiger partial charge < -0.3 is 4.74 Å². The quantitative estimate of drug-likeness (QED) is 0.710. The maximum atomic E-state index is 6.13. The molecule has 1 rings (SSSR count). The van der Waals surface area contributed by atoms with Gasteiger partial charge in [-0.1, -0.05) is 66.2 Å². The molecule has 0 bridgehead atoms. The van der Waals surface area contributed by atoms with E-state index in [4.69, 9.17) is 4.74 Å². The van der Waals surface area contributed by atoms with Crippen LogP contribution in [0, 0.1) is 6.92 Å². The van der Waals surface area contributed by atoms with Crippen LogP contribution in [0.25, 0.3) is 0 Å². The predicted molar refractivity (Wildman–Crippen MR) is 84.4 cm³/mol. The van der Waals surface area contributed by atoms with Crippen molar-refractivity contribution in [3.05, 3.63) is 28.8 Å². The number of ether oxygens (including phenoxy) is 1. The van der Waals surface area contributed by atoms with Gasteiger partial charge in [0.05, 0.1) is 6.61 Å². The van der Waals surface area contributed by atoms with Crippen LogP contribution in [-0.2, 0) is 10.8 Å². The third kappa shape index (κ3) is 3.99. The number of hydrogen-bond donors (Lipinski definition) is 0. The molecular weight excluding hydrogens is 232 g/mol. The Hall–Kier alpha value is -0.980. The Bertz CT molecular complexity index is 395. The van der Waals surface area contributed by atoms with Gasteiger partial charge in [0.25, 0.3) is 0 Å². The van der Waals surface area contributed by atoms with Crippen molar-refractivity contribution in [2.45, 2.75) is 72.6 Å². The first-order valence-corrected chi connectivity index (χ1v) is 7.35. The lowest BCUT2D eigenvalue weighted by Gasteiger charge is -2.30. The Balaban J connectivity index is 3.49. The van der Waals surface area contributed by atoms with Crippen molar-refractivity contribution in [3.63, 3.8) is 0 Å². The first kappa shape index (κ1) is 16.1. The van der Waals surface area contributed by atoms with E-state index in [9.17, 15) is 0 Å². The molecule has 0 unspecified atom stereocenters. The highest BCUT2D eigenvalue weighted by Gasteiger charge is 2.27. The van der Waals surface area contributed by atoms with Crippen molar-refractivity contribution in [1.29, 1.82) is 0 Å². The average molecular weight is 262 g/mol. The molecule has 19 heavy (non-hydrogen) atoms. The smallest absolute Gasteiger partial charge is 0.126 e. The van der Waals surface area contributed by atoms with E-state index in [-0.39, 0.29) is 10.8 Å². The van der Waals surface area contributed by atoms with Crippen LogP contribution in [0.2, 0.25) is 0 Å². The molecule has 0 heterocycles. The van der Waals surface area contributed by atoms with Gasteiger partial charge in [-0.3, -0.25) is 0 Å². The van der Waals surface area contributed by atoms with Crippen molar-refractivity contribution >= 4 is 0 Å². The molecular formula is C18H30O. The second-order valence-electron chi connectivity index (χ2n) is 7.54. The lowest BCUT2D eigenvalue weighted by atomic mass is 9.78. The summed E-state index contributed by atoms with van der Waals surface area (Å²) in [5.74, 6) is 1.10. The van der Waals surface area contributed by atoms with Crippen LogP contribution in [-0.4, -0.2) is 6.61 Å². The van der Waals surface area contributed by atoms with Crippen molar-refractivity contribution in [3.8, 4) is 5.75 Å². The molecule has 0 spiro atoms. The van der Waals surface area contributed by atoms with E-state index in [1.807, 2.05) is 0 Å². The average Bonchev–Trinajstić information content (AvgIpc) is 2.23. The lowest BCUT2D eigenvalue weighted by molar-refractivity contribution is 0.299. The monoisotopic (exact) mass is 262 g/mol. The standard InChI is InChI=1S/C18H30O/c1-9-10-19-16-14(17(3,4)5)11-13(2)12-15(16)18(6,7)8/h11-12H,9-10H2,1-8H3. The molecule has 0 radical (unpaired) electrons. The van der Waals surface area contributed by atoms with Crippen molar-refractivity contribution in [2.24, 2.45) is 0 Å². The van der Waals surface area contributed by atoms with E-state index in [0.717, 1.165) is 18.8 Å². The molecule has 0 fully saturated rings. The highest BCUT2D eigenvalue weighted by Crippen LogP contribution is 2.40. The zero-order valence-electron chi connectivity index (χ0n) is 14.0. The lowest BCUT2D eigenvalue weighted by Crippen LogP contribution is -2.20. The second kappa shape index (κ2) is 5.56. The third-order valence-corrected chi connectivity index (χ3v) is 3.30. The fourth-order valence-electron chi connectivity index (χ4n) is 2.25. The molecule has 0 atom stereocenters. The Kier molecular flexibility index (Phi) is 4.71. The van der Waals surface area contributed by atoms with Gasteiger partial charge in [0.2, 0.25) is 0 Å². The maximum absolute atomic E-state index is 6.13. The molecule has 1 aromatic carbocycles. The van der Waals surface area contributed by atoms with Crippen molar-refractivity contribution < 1.29 is 4.74 Å². The number of hydrogen-bond acceptors (Lipinski definition) is 1. The van der Waals surface area contributed by atoms with Crippen LogP contribution in [0.4, 0.5) is 0 Å². The highest BCUT2D eigenvalue weighted by atomic mass is 16.5. The molecule has 108 valence electrons. The number of rotatable bonds is 3. The fraction of sp³-hybridized carbons (Fsp3) is 0.667. The largest absolute Gasteiger partial charge is 0.493 e. The summed E-state index contributed by atoms with van der Waals surface area (Å²) in [4.78, 5) is 0. The Morgan fingerprint density at radius 1 is 0.895 bits per heavy atom. The van der Waals surface area contributed by atoms with Crippen molar-refractivity contribution in [2.75, 3.05) is 6.61 Å². The summed E-state index contributed by atoms with van der Waals surface area (Å²) in [6.45, 7) is 18.7. The molecule has 0 aliphatic heterocycles. The van der Waals surface area contributed by atoms with Crippen LogP contribution >= 0.6 is 0 Å². The molecule has 0 aliphatic rings. The number of aryl methyl sites for hydroxylation is 1. The van der Waals surface area contributed by atoms with Crippen molar-refractivity contribution in [1.82, 2.24) is 0 Å². The van der Waals surface area contributed by atoms with Gasteiger partial charge in [0.15, 0.2) is 0 Å². The Morgan fingerprint density at radius 3 is 1.63 bits per heavy atom. The van der Waals surface area contributed by atoms with E-state index in [1.54, 1.807) is 0 Å². The SMILES string of the molecule is CCCOc1c(C(C)(C)C)cc(C)cc1C(C)(C)C. The first-order chi connectivity index (χ1) is 8.57. The summed E-state index contributed by atoms with van der Waals surface area (Å²) in [6.07, 6.45) is 1.04. The van der Waals surface area contributed by atoms with E-state index in [0.29, 0.717) is 0 Å². The molecule has 0 saturated carbocycles. The van der Waals surface area contributed by atoms with Gasteiger partial charge >= 0.3 is 0 Å². The van der Waals surface area contributed by atoms with E-state index in [2.05, 4.69) is 67.5 Å².